The maximum atomic E-state index is 13.3. The van der Waals surface area contributed by atoms with Crippen LogP contribution in [0.1, 0.15) is 59.5 Å². The Morgan fingerprint density at radius 2 is 1.92 bits per heavy atom. The number of hydrogen-bond donors (Lipinski definition) is 2. The summed E-state index contributed by atoms with van der Waals surface area (Å²) in [6, 6.07) is 3.31. The molecule has 5 fully saturated rings. The monoisotopic (exact) mass is 546 g/mol. The van der Waals surface area contributed by atoms with E-state index in [-0.39, 0.29) is 29.6 Å². The van der Waals surface area contributed by atoms with E-state index in [0.29, 0.717) is 52.4 Å². The van der Waals surface area contributed by atoms with Gasteiger partial charge in [-0.05, 0) is 68.4 Å². The van der Waals surface area contributed by atoms with E-state index in [9.17, 15) is 14.7 Å². The summed E-state index contributed by atoms with van der Waals surface area (Å²) in [4.78, 5) is 34.2. The van der Waals surface area contributed by atoms with Gasteiger partial charge in [0.05, 0.1) is 16.7 Å². The number of aromatic nitrogens is 3. The Hall–Kier alpha value is -2.36. The van der Waals surface area contributed by atoms with Crippen molar-refractivity contribution in [3.05, 3.63) is 39.8 Å². The minimum atomic E-state index is -0.544. The molecule has 2 aromatic heterocycles. The number of carbonyl (C=O) groups is 2. The van der Waals surface area contributed by atoms with Crippen molar-refractivity contribution in [1.29, 1.82) is 0 Å². The topological polar surface area (TPSA) is 104 Å². The molecule has 0 spiro atoms. The molecule has 9 nitrogen and oxygen atoms in total. The smallest absolute Gasteiger partial charge is 0.273 e. The second-order valence-corrected chi connectivity index (χ2v) is 12.3. The van der Waals surface area contributed by atoms with Gasteiger partial charge in [-0.15, -0.1) is 0 Å². The van der Waals surface area contributed by atoms with Crippen LogP contribution in [0.4, 0.5) is 5.82 Å². The standard InChI is InChI=1S/C26H32Cl2N6O3/c1-32(25(36)19-4-3-17(27)12-29-19)18-5-6-34(13-18)24-20(28)22(31-33(24)2)23(35)30-21-15-7-14-8-16(21)11-26(37,9-14)10-15/h3-4,12,14-16,18,21,37H,5-11,13H2,1-2H3,(H,30,35)/t14?,15?,16?,18-,21?,26?/m0/s1. The number of nitrogens with one attached hydrogen (secondary N) is 1. The van der Waals surface area contributed by atoms with Gasteiger partial charge in [-0.2, -0.15) is 5.10 Å². The van der Waals surface area contributed by atoms with Crippen LogP contribution in [0.3, 0.4) is 0 Å². The predicted molar refractivity (Wildman–Crippen MR) is 140 cm³/mol. The van der Waals surface area contributed by atoms with Crippen molar-refractivity contribution in [2.24, 2.45) is 24.8 Å². The van der Waals surface area contributed by atoms with Gasteiger partial charge in [0.15, 0.2) is 5.69 Å². The van der Waals surface area contributed by atoms with Crippen molar-refractivity contribution in [3.8, 4) is 0 Å². The Morgan fingerprint density at radius 3 is 2.57 bits per heavy atom. The first-order valence-corrected chi connectivity index (χ1v) is 13.8. The summed E-state index contributed by atoms with van der Waals surface area (Å²) in [5.41, 5.74) is 0.0301. The Balaban J connectivity index is 1.14. The molecule has 2 unspecified atom stereocenters. The van der Waals surface area contributed by atoms with Crippen LogP contribution in [0.2, 0.25) is 10.0 Å². The van der Waals surface area contributed by atoms with Gasteiger partial charge in [0.1, 0.15) is 16.5 Å². The lowest BCUT2D eigenvalue weighted by Gasteiger charge is -2.58. The number of pyridine rings is 1. The van der Waals surface area contributed by atoms with Crippen LogP contribution in [0.5, 0.6) is 0 Å². The SMILES string of the molecule is CN(C(=O)c1ccc(Cl)cn1)[C@H]1CCN(c2c(Cl)c(C(=O)NC3C4CC5CC3CC(O)(C5)C4)nn2C)C1. The molecular formula is C26H32Cl2N6O3. The van der Waals surface area contributed by atoms with Crippen LogP contribution in [0, 0.1) is 17.8 Å². The van der Waals surface area contributed by atoms with Crippen molar-refractivity contribution < 1.29 is 14.7 Å². The normalized spacial score (nSPS) is 32.1. The molecule has 4 saturated carbocycles. The van der Waals surface area contributed by atoms with Crippen LogP contribution < -0.4 is 10.2 Å². The highest BCUT2D eigenvalue weighted by atomic mass is 35.5. The first-order valence-electron chi connectivity index (χ1n) is 13.0. The van der Waals surface area contributed by atoms with E-state index in [1.54, 1.807) is 35.8 Å². The van der Waals surface area contributed by atoms with Gasteiger partial charge in [0.2, 0.25) is 0 Å². The van der Waals surface area contributed by atoms with Crippen molar-refractivity contribution in [3.63, 3.8) is 0 Å². The molecule has 2 aromatic rings. The quantitative estimate of drug-likeness (QED) is 0.597. The Kier molecular flexibility index (Phi) is 6.16. The molecule has 1 saturated heterocycles. The molecule has 4 aliphatic carbocycles. The minimum absolute atomic E-state index is 0.0351. The van der Waals surface area contributed by atoms with E-state index in [0.717, 1.165) is 38.5 Å². The number of likely N-dealkylation sites (N-methyl/N-ethyl adjacent to an activating group) is 1. The average molecular weight is 547 g/mol. The molecule has 4 bridgehead atoms. The second-order valence-electron chi connectivity index (χ2n) is 11.5. The number of carbonyl (C=O) groups excluding carboxylic acids is 2. The summed E-state index contributed by atoms with van der Waals surface area (Å²) in [5.74, 6) is 1.45. The van der Waals surface area contributed by atoms with Gasteiger partial charge in [-0.3, -0.25) is 14.3 Å². The third-order valence-corrected chi connectivity index (χ3v) is 9.56. The summed E-state index contributed by atoms with van der Waals surface area (Å²) in [6.45, 7) is 1.26. The lowest BCUT2D eigenvalue weighted by molar-refractivity contribution is -0.136. The summed E-state index contributed by atoms with van der Waals surface area (Å²) in [6.07, 6.45) is 6.79. The number of nitrogens with zero attached hydrogens (tertiary/aromatic N) is 5. The predicted octanol–water partition coefficient (Wildman–Crippen LogP) is 3.14. The summed E-state index contributed by atoms with van der Waals surface area (Å²) < 4.78 is 1.65. The molecular weight excluding hydrogens is 515 g/mol. The molecule has 3 atom stereocenters. The zero-order chi connectivity index (χ0) is 26.1. The van der Waals surface area contributed by atoms with Crippen LogP contribution in [-0.2, 0) is 7.05 Å². The molecule has 3 heterocycles. The van der Waals surface area contributed by atoms with Gasteiger partial charge in [0.25, 0.3) is 11.8 Å². The first kappa shape index (κ1) is 24.9. The fourth-order valence-corrected chi connectivity index (χ4v) is 7.99. The van der Waals surface area contributed by atoms with Crippen LogP contribution in [0.15, 0.2) is 18.3 Å². The van der Waals surface area contributed by atoms with Crippen LogP contribution in [0.25, 0.3) is 0 Å². The highest BCUT2D eigenvalue weighted by Gasteiger charge is 2.55. The molecule has 1 aliphatic heterocycles. The van der Waals surface area contributed by atoms with Crippen molar-refractivity contribution in [2.45, 2.75) is 56.2 Å². The van der Waals surface area contributed by atoms with Gasteiger partial charge >= 0.3 is 0 Å². The minimum Gasteiger partial charge on any atom is -0.390 e. The summed E-state index contributed by atoms with van der Waals surface area (Å²) in [5, 5.41) is 19.4. The number of anilines is 1. The third-order valence-electron chi connectivity index (χ3n) is 8.99. The number of aryl methyl sites for hydroxylation is 1. The second kappa shape index (κ2) is 9.13. The zero-order valence-electron chi connectivity index (χ0n) is 21.0. The molecule has 2 amide bonds. The lowest BCUT2D eigenvalue weighted by atomic mass is 9.52. The number of halogens is 2. The van der Waals surface area contributed by atoms with Gasteiger partial charge in [-0.1, -0.05) is 23.2 Å². The number of hydrogen-bond acceptors (Lipinski definition) is 6. The first-order chi connectivity index (χ1) is 17.6. The highest BCUT2D eigenvalue weighted by Crippen LogP contribution is 2.55. The van der Waals surface area contributed by atoms with Crippen molar-refractivity contribution >= 4 is 40.8 Å². The van der Waals surface area contributed by atoms with Gasteiger partial charge in [-0.25, -0.2) is 4.98 Å². The summed E-state index contributed by atoms with van der Waals surface area (Å²) in [7, 11) is 3.56. The lowest BCUT2D eigenvalue weighted by Crippen LogP contribution is -2.61. The van der Waals surface area contributed by atoms with E-state index in [1.807, 2.05) is 0 Å². The van der Waals surface area contributed by atoms with E-state index in [2.05, 4.69) is 20.3 Å². The van der Waals surface area contributed by atoms with Crippen molar-refractivity contribution in [2.75, 3.05) is 25.0 Å². The summed E-state index contributed by atoms with van der Waals surface area (Å²) >= 11 is 12.7. The third kappa shape index (κ3) is 4.38. The fourth-order valence-electron chi connectivity index (χ4n) is 7.51. The molecule has 5 aliphatic rings. The van der Waals surface area contributed by atoms with Gasteiger partial charge in [0, 0.05) is 39.4 Å². The maximum Gasteiger partial charge on any atom is 0.273 e. The van der Waals surface area contributed by atoms with E-state index >= 15 is 0 Å². The molecule has 0 aromatic carbocycles. The van der Waals surface area contributed by atoms with Crippen LogP contribution in [-0.4, -0.2) is 74.4 Å². The zero-order valence-corrected chi connectivity index (χ0v) is 22.5. The largest absolute Gasteiger partial charge is 0.390 e. The maximum absolute atomic E-state index is 13.3. The molecule has 2 N–H and O–H groups in total. The Labute approximate surface area is 226 Å². The van der Waals surface area contributed by atoms with E-state index in [4.69, 9.17) is 23.2 Å². The number of rotatable bonds is 5. The molecule has 37 heavy (non-hydrogen) atoms. The molecule has 0 radical (unpaired) electrons. The average Bonchev–Trinajstić information content (AvgIpc) is 3.43. The van der Waals surface area contributed by atoms with Gasteiger partial charge < -0.3 is 20.2 Å². The van der Waals surface area contributed by atoms with E-state index < -0.39 is 5.60 Å². The highest BCUT2D eigenvalue weighted by molar-refractivity contribution is 6.36. The van der Waals surface area contributed by atoms with E-state index in [1.165, 1.54) is 6.20 Å². The number of amides is 2. The Morgan fingerprint density at radius 1 is 1.19 bits per heavy atom. The fraction of sp³-hybridized carbons (Fsp3) is 0.615. The molecule has 11 heteroatoms. The Bertz CT molecular complexity index is 1220. The van der Waals surface area contributed by atoms with Crippen molar-refractivity contribution in [1.82, 2.24) is 25.0 Å². The number of aliphatic hydroxyl groups is 1. The molecule has 198 valence electrons. The molecule has 7 rings (SSSR count). The van der Waals surface area contributed by atoms with Crippen LogP contribution >= 0.6 is 23.2 Å².